The number of nitrogens with zero attached hydrogens (tertiary/aromatic N) is 1. The SMILES string of the molecule is CSc1ccccc1C(=O)N1CCC[C@H]1CP(c1ccccc1)c1ccccc1. The standard InChI is InChI=1S/C25H26NOPS/c1-29-24-17-9-8-16-23(24)25(27)26-18-10-11-20(26)19-28(21-12-4-2-5-13-21)22-14-6-3-7-15-22/h2-9,12-17,20H,10-11,18-19H2,1H3/t20-/m0/s1. The summed E-state index contributed by atoms with van der Waals surface area (Å²) in [6, 6.07) is 29.9. The van der Waals surface area contributed by atoms with Gasteiger partial charge >= 0.3 is 0 Å². The Labute approximate surface area is 179 Å². The maximum Gasteiger partial charge on any atom is 0.255 e. The van der Waals surface area contributed by atoms with Gasteiger partial charge < -0.3 is 4.90 Å². The highest BCUT2D eigenvalue weighted by atomic mass is 32.2. The molecule has 0 aliphatic carbocycles. The molecule has 1 fully saturated rings. The van der Waals surface area contributed by atoms with E-state index in [4.69, 9.17) is 0 Å². The molecule has 0 bridgehead atoms. The number of carbonyl (C=O) groups is 1. The Balaban J connectivity index is 1.61. The fourth-order valence-corrected chi connectivity index (χ4v) is 7.23. The topological polar surface area (TPSA) is 20.3 Å². The van der Waals surface area contributed by atoms with Crippen molar-refractivity contribution in [3.63, 3.8) is 0 Å². The molecule has 3 aromatic rings. The van der Waals surface area contributed by atoms with Crippen molar-refractivity contribution in [2.75, 3.05) is 19.0 Å². The van der Waals surface area contributed by atoms with E-state index in [2.05, 4.69) is 65.6 Å². The second kappa shape index (κ2) is 9.61. The van der Waals surface area contributed by atoms with E-state index in [0.717, 1.165) is 36.0 Å². The molecule has 1 aliphatic heterocycles. The van der Waals surface area contributed by atoms with Crippen LogP contribution in [0.25, 0.3) is 0 Å². The molecule has 4 heteroatoms. The lowest BCUT2D eigenvalue weighted by molar-refractivity contribution is 0.0746. The van der Waals surface area contributed by atoms with Crippen molar-refractivity contribution in [1.82, 2.24) is 4.90 Å². The van der Waals surface area contributed by atoms with E-state index < -0.39 is 7.92 Å². The van der Waals surface area contributed by atoms with Crippen LogP contribution in [0, 0.1) is 0 Å². The molecule has 0 spiro atoms. The van der Waals surface area contributed by atoms with E-state index >= 15 is 0 Å². The first-order chi connectivity index (χ1) is 14.3. The molecule has 1 aliphatic rings. The van der Waals surface area contributed by atoms with Crippen LogP contribution in [-0.4, -0.2) is 35.8 Å². The average molecular weight is 420 g/mol. The van der Waals surface area contributed by atoms with Gasteiger partial charge in [0.25, 0.3) is 5.91 Å². The molecule has 1 saturated heterocycles. The van der Waals surface area contributed by atoms with Crippen molar-refractivity contribution in [2.45, 2.75) is 23.8 Å². The molecular formula is C25H26NOPS. The smallest absolute Gasteiger partial charge is 0.255 e. The molecule has 0 saturated carbocycles. The summed E-state index contributed by atoms with van der Waals surface area (Å²) >= 11 is 1.65. The van der Waals surface area contributed by atoms with Gasteiger partial charge in [0.05, 0.1) is 5.56 Å². The van der Waals surface area contributed by atoms with Gasteiger partial charge in [-0.25, -0.2) is 0 Å². The molecule has 1 heterocycles. The number of thioether (sulfide) groups is 1. The summed E-state index contributed by atoms with van der Waals surface area (Å²) in [4.78, 5) is 16.6. The Morgan fingerprint density at radius 1 is 0.931 bits per heavy atom. The number of hydrogen-bond acceptors (Lipinski definition) is 2. The van der Waals surface area contributed by atoms with Crippen LogP contribution in [-0.2, 0) is 0 Å². The highest BCUT2D eigenvalue weighted by molar-refractivity contribution is 7.98. The van der Waals surface area contributed by atoms with Crippen molar-refractivity contribution in [1.29, 1.82) is 0 Å². The monoisotopic (exact) mass is 419 g/mol. The Morgan fingerprint density at radius 3 is 2.14 bits per heavy atom. The molecule has 0 unspecified atom stereocenters. The van der Waals surface area contributed by atoms with E-state index in [1.165, 1.54) is 10.6 Å². The van der Waals surface area contributed by atoms with Gasteiger partial charge in [0.2, 0.25) is 0 Å². The minimum Gasteiger partial charge on any atom is -0.335 e. The summed E-state index contributed by atoms with van der Waals surface area (Å²) in [5.74, 6) is 0.188. The number of amides is 1. The molecule has 2 nitrogen and oxygen atoms in total. The highest BCUT2D eigenvalue weighted by Gasteiger charge is 2.32. The summed E-state index contributed by atoms with van der Waals surface area (Å²) in [6.07, 6.45) is 5.24. The zero-order valence-corrected chi connectivity index (χ0v) is 18.4. The van der Waals surface area contributed by atoms with Gasteiger partial charge in [-0.15, -0.1) is 11.8 Å². The van der Waals surface area contributed by atoms with Gasteiger partial charge in [0, 0.05) is 17.5 Å². The van der Waals surface area contributed by atoms with E-state index in [1.54, 1.807) is 11.8 Å². The molecule has 1 atom stereocenters. The zero-order chi connectivity index (χ0) is 20.1. The second-order valence-electron chi connectivity index (χ2n) is 7.28. The van der Waals surface area contributed by atoms with E-state index in [9.17, 15) is 4.79 Å². The third-order valence-electron chi connectivity index (χ3n) is 5.50. The first-order valence-corrected chi connectivity index (χ1v) is 12.8. The number of hydrogen-bond donors (Lipinski definition) is 0. The Kier molecular flexibility index (Phi) is 6.69. The molecule has 1 amide bonds. The van der Waals surface area contributed by atoms with Crippen LogP contribution in [0.5, 0.6) is 0 Å². The normalized spacial score (nSPS) is 16.3. The Bertz CT molecular complexity index is 908. The predicted molar refractivity (Wildman–Crippen MR) is 126 cm³/mol. The Morgan fingerprint density at radius 2 is 1.52 bits per heavy atom. The fourth-order valence-electron chi connectivity index (χ4n) is 4.06. The van der Waals surface area contributed by atoms with Crippen LogP contribution in [0.1, 0.15) is 23.2 Å². The largest absolute Gasteiger partial charge is 0.335 e. The van der Waals surface area contributed by atoms with Crippen LogP contribution in [0.2, 0.25) is 0 Å². The summed E-state index contributed by atoms with van der Waals surface area (Å²) in [5.41, 5.74) is 0.843. The number of carbonyl (C=O) groups excluding carboxylic acids is 1. The summed E-state index contributed by atoms with van der Waals surface area (Å²) in [5, 5.41) is 2.77. The minimum absolute atomic E-state index is 0.188. The lowest BCUT2D eigenvalue weighted by Gasteiger charge is -2.29. The molecule has 0 radical (unpaired) electrons. The highest BCUT2D eigenvalue weighted by Crippen LogP contribution is 2.38. The minimum atomic E-state index is -0.493. The molecule has 0 aromatic heterocycles. The van der Waals surface area contributed by atoms with Gasteiger partial charge in [-0.1, -0.05) is 72.8 Å². The van der Waals surface area contributed by atoms with E-state index in [0.29, 0.717) is 6.04 Å². The average Bonchev–Trinajstić information content (AvgIpc) is 3.26. The van der Waals surface area contributed by atoms with Crippen molar-refractivity contribution in [3.8, 4) is 0 Å². The molecule has 4 rings (SSSR count). The van der Waals surface area contributed by atoms with Crippen molar-refractivity contribution < 1.29 is 4.79 Å². The van der Waals surface area contributed by atoms with E-state index in [-0.39, 0.29) is 5.91 Å². The molecular weight excluding hydrogens is 393 g/mol. The quantitative estimate of drug-likeness (QED) is 0.407. The van der Waals surface area contributed by atoms with Gasteiger partial charge in [0.1, 0.15) is 0 Å². The maximum absolute atomic E-state index is 13.4. The molecule has 29 heavy (non-hydrogen) atoms. The van der Waals surface area contributed by atoms with Crippen LogP contribution in [0.4, 0.5) is 0 Å². The molecule has 148 valence electrons. The maximum atomic E-state index is 13.4. The lowest BCUT2D eigenvalue weighted by Crippen LogP contribution is -2.38. The van der Waals surface area contributed by atoms with Crippen LogP contribution < -0.4 is 10.6 Å². The van der Waals surface area contributed by atoms with Crippen LogP contribution in [0.15, 0.2) is 89.8 Å². The first kappa shape index (κ1) is 20.2. The van der Waals surface area contributed by atoms with Gasteiger partial charge in [-0.05, 0) is 55.9 Å². The lowest BCUT2D eigenvalue weighted by atomic mass is 10.2. The Hall–Kier alpha value is -2.09. The summed E-state index contributed by atoms with van der Waals surface area (Å²) in [6.45, 7) is 0.860. The van der Waals surface area contributed by atoms with E-state index in [1.807, 2.05) is 30.5 Å². The van der Waals surface area contributed by atoms with Gasteiger partial charge in [-0.2, -0.15) is 0 Å². The third-order valence-corrected chi connectivity index (χ3v) is 8.93. The van der Waals surface area contributed by atoms with Gasteiger partial charge in [0.15, 0.2) is 0 Å². The van der Waals surface area contributed by atoms with Gasteiger partial charge in [-0.3, -0.25) is 4.79 Å². The fraction of sp³-hybridized carbons (Fsp3) is 0.240. The third kappa shape index (κ3) is 4.57. The number of likely N-dealkylation sites (tertiary alicyclic amines) is 1. The summed E-state index contributed by atoms with van der Waals surface area (Å²) < 4.78 is 0. The first-order valence-electron chi connectivity index (χ1n) is 10.1. The molecule has 0 N–H and O–H groups in total. The van der Waals surface area contributed by atoms with Crippen molar-refractivity contribution in [3.05, 3.63) is 90.5 Å². The van der Waals surface area contributed by atoms with Crippen LogP contribution >= 0.6 is 19.7 Å². The second-order valence-corrected chi connectivity index (χ2v) is 10.4. The van der Waals surface area contributed by atoms with Crippen LogP contribution in [0.3, 0.4) is 0 Å². The molecule has 3 aromatic carbocycles. The van der Waals surface area contributed by atoms with Crippen molar-refractivity contribution >= 4 is 36.2 Å². The predicted octanol–water partition coefficient (Wildman–Crippen LogP) is 5.15. The zero-order valence-electron chi connectivity index (χ0n) is 16.7. The number of benzene rings is 3. The number of rotatable bonds is 6. The summed E-state index contributed by atoms with van der Waals surface area (Å²) in [7, 11) is -0.493. The van der Waals surface area contributed by atoms with Crippen molar-refractivity contribution in [2.24, 2.45) is 0 Å².